The molecule has 2 nitrogen and oxygen atoms in total. The molecule has 1 N–H and O–H groups in total. The summed E-state index contributed by atoms with van der Waals surface area (Å²) >= 11 is 0. The molecule has 0 bridgehead atoms. The monoisotopic (exact) mass is 139 g/mol. The summed E-state index contributed by atoms with van der Waals surface area (Å²) in [7, 11) is 0. The number of carbonyl (C=O) groups excluding carboxylic acids is 1. The van der Waals surface area contributed by atoms with E-state index in [4.69, 9.17) is 0 Å². The lowest BCUT2D eigenvalue weighted by Gasteiger charge is -2.21. The molecule has 1 unspecified atom stereocenters. The van der Waals surface area contributed by atoms with Crippen molar-refractivity contribution >= 4 is 5.78 Å². The van der Waals surface area contributed by atoms with Gasteiger partial charge in [-0.25, -0.2) is 0 Å². The van der Waals surface area contributed by atoms with Crippen molar-refractivity contribution in [3.63, 3.8) is 0 Å². The van der Waals surface area contributed by atoms with E-state index in [2.05, 4.69) is 5.32 Å². The average Bonchev–Trinajstić information content (AvgIpc) is 2.46. The number of ketones is 1. The van der Waals surface area contributed by atoms with E-state index in [1.807, 2.05) is 0 Å². The lowest BCUT2D eigenvalue weighted by Crippen LogP contribution is -2.36. The summed E-state index contributed by atoms with van der Waals surface area (Å²) in [6, 6.07) is 0. The third kappa shape index (κ3) is 0.870. The van der Waals surface area contributed by atoms with E-state index in [1.54, 1.807) is 0 Å². The molecule has 1 spiro atoms. The molecule has 0 aromatic carbocycles. The van der Waals surface area contributed by atoms with Gasteiger partial charge in [-0.05, 0) is 25.8 Å². The summed E-state index contributed by atoms with van der Waals surface area (Å²) < 4.78 is 0. The van der Waals surface area contributed by atoms with Gasteiger partial charge in [-0.15, -0.1) is 0 Å². The van der Waals surface area contributed by atoms with Gasteiger partial charge in [-0.3, -0.25) is 4.79 Å². The first-order chi connectivity index (χ1) is 4.81. The maximum atomic E-state index is 11.0. The van der Waals surface area contributed by atoms with Crippen LogP contribution in [0.1, 0.15) is 32.1 Å². The van der Waals surface area contributed by atoms with Crippen LogP contribution in [0.5, 0.6) is 0 Å². The highest BCUT2D eigenvalue weighted by Crippen LogP contribution is 2.34. The summed E-state index contributed by atoms with van der Waals surface area (Å²) in [5.41, 5.74) is 0.261. The third-order valence-corrected chi connectivity index (χ3v) is 2.75. The van der Waals surface area contributed by atoms with Crippen LogP contribution in [0.2, 0.25) is 0 Å². The molecule has 0 aromatic rings. The molecule has 2 heteroatoms. The van der Waals surface area contributed by atoms with Gasteiger partial charge < -0.3 is 5.32 Å². The summed E-state index contributed by atoms with van der Waals surface area (Å²) in [6.45, 7) is 1.12. The van der Waals surface area contributed by atoms with Crippen LogP contribution < -0.4 is 5.32 Å². The molecule has 0 radical (unpaired) electrons. The van der Waals surface area contributed by atoms with E-state index in [0.29, 0.717) is 5.78 Å². The highest BCUT2D eigenvalue weighted by atomic mass is 16.1. The Morgan fingerprint density at radius 3 is 2.80 bits per heavy atom. The van der Waals surface area contributed by atoms with Crippen molar-refractivity contribution in [2.75, 3.05) is 6.54 Å². The number of rotatable bonds is 0. The zero-order valence-electron chi connectivity index (χ0n) is 6.15. The van der Waals surface area contributed by atoms with Gasteiger partial charge in [0.05, 0.1) is 0 Å². The molecule has 2 fully saturated rings. The van der Waals surface area contributed by atoms with Gasteiger partial charge in [-0.2, -0.15) is 0 Å². The quantitative estimate of drug-likeness (QED) is 0.539. The molecule has 1 atom stereocenters. The maximum absolute atomic E-state index is 11.0. The van der Waals surface area contributed by atoms with Crippen molar-refractivity contribution in [2.45, 2.75) is 37.6 Å². The molecule has 1 saturated heterocycles. The second kappa shape index (κ2) is 2.06. The third-order valence-electron chi connectivity index (χ3n) is 2.75. The van der Waals surface area contributed by atoms with Crippen molar-refractivity contribution < 1.29 is 4.79 Å². The summed E-state index contributed by atoms with van der Waals surface area (Å²) in [5.74, 6) is 0.453. The zero-order chi connectivity index (χ0) is 7.03. The standard InChI is InChI=1S/C8H13NO/c10-7-2-4-8(6-7)3-1-5-9-8/h9H,1-6H2. The van der Waals surface area contributed by atoms with Gasteiger partial charge in [0.25, 0.3) is 0 Å². The largest absolute Gasteiger partial charge is 0.311 e. The summed E-state index contributed by atoms with van der Waals surface area (Å²) in [6.07, 6.45) is 5.18. The van der Waals surface area contributed by atoms with E-state index >= 15 is 0 Å². The lowest BCUT2D eigenvalue weighted by molar-refractivity contribution is -0.117. The highest BCUT2D eigenvalue weighted by Gasteiger charge is 2.39. The molecule has 56 valence electrons. The predicted octanol–water partition coefficient (Wildman–Crippen LogP) is 0.862. The van der Waals surface area contributed by atoms with E-state index in [9.17, 15) is 4.79 Å². The highest BCUT2D eigenvalue weighted by molar-refractivity contribution is 5.82. The van der Waals surface area contributed by atoms with Crippen LogP contribution in [0.3, 0.4) is 0 Å². The van der Waals surface area contributed by atoms with E-state index in [0.717, 1.165) is 25.8 Å². The Kier molecular flexibility index (Phi) is 1.31. The Morgan fingerprint density at radius 1 is 1.40 bits per heavy atom. The van der Waals surface area contributed by atoms with Crippen LogP contribution in [0, 0.1) is 0 Å². The van der Waals surface area contributed by atoms with E-state index < -0.39 is 0 Å². The van der Waals surface area contributed by atoms with Gasteiger partial charge in [0.1, 0.15) is 5.78 Å². The number of nitrogens with one attached hydrogen (secondary N) is 1. The molecule has 1 aliphatic carbocycles. The SMILES string of the molecule is O=C1CCC2(CCCN2)C1. The van der Waals surface area contributed by atoms with Gasteiger partial charge in [0.2, 0.25) is 0 Å². The summed E-state index contributed by atoms with van der Waals surface area (Å²) in [5, 5.41) is 3.44. The van der Waals surface area contributed by atoms with Crippen LogP contribution in [-0.2, 0) is 4.79 Å². The fourth-order valence-corrected chi connectivity index (χ4v) is 2.17. The van der Waals surface area contributed by atoms with Crippen molar-refractivity contribution in [1.82, 2.24) is 5.32 Å². The fraction of sp³-hybridized carbons (Fsp3) is 0.875. The van der Waals surface area contributed by atoms with E-state index in [-0.39, 0.29) is 5.54 Å². The minimum atomic E-state index is 0.261. The molecule has 0 aromatic heterocycles. The first-order valence-corrected chi connectivity index (χ1v) is 4.08. The second-order valence-corrected chi connectivity index (χ2v) is 3.53. The average molecular weight is 139 g/mol. The number of Topliss-reactive ketones (excluding diaryl/α,β-unsaturated/α-hetero) is 1. The Hall–Kier alpha value is -0.370. The van der Waals surface area contributed by atoms with Crippen molar-refractivity contribution in [3.05, 3.63) is 0 Å². The Labute approximate surface area is 61.0 Å². The number of hydrogen-bond donors (Lipinski definition) is 1. The van der Waals surface area contributed by atoms with Gasteiger partial charge in [0, 0.05) is 18.4 Å². The molecule has 2 rings (SSSR count). The molecule has 1 aliphatic heterocycles. The predicted molar refractivity (Wildman–Crippen MR) is 38.8 cm³/mol. The van der Waals surface area contributed by atoms with Crippen molar-refractivity contribution in [2.24, 2.45) is 0 Å². The molecule has 2 aliphatic rings. The Bertz CT molecular complexity index is 159. The second-order valence-electron chi connectivity index (χ2n) is 3.53. The minimum absolute atomic E-state index is 0.261. The lowest BCUT2D eigenvalue weighted by atomic mass is 9.96. The van der Waals surface area contributed by atoms with Crippen molar-refractivity contribution in [3.8, 4) is 0 Å². The minimum Gasteiger partial charge on any atom is -0.311 e. The van der Waals surface area contributed by atoms with Crippen LogP contribution in [0.15, 0.2) is 0 Å². The molecular weight excluding hydrogens is 126 g/mol. The van der Waals surface area contributed by atoms with Crippen molar-refractivity contribution in [1.29, 1.82) is 0 Å². The first kappa shape index (κ1) is 6.35. The molecule has 1 saturated carbocycles. The van der Waals surface area contributed by atoms with Gasteiger partial charge >= 0.3 is 0 Å². The molecule has 1 heterocycles. The topological polar surface area (TPSA) is 29.1 Å². The fourth-order valence-electron chi connectivity index (χ4n) is 2.17. The van der Waals surface area contributed by atoms with Crippen LogP contribution >= 0.6 is 0 Å². The van der Waals surface area contributed by atoms with Crippen LogP contribution in [-0.4, -0.2) is 17.9 Å². The normalized spacial score (nSPS) is 39.8. The summed E-state index contributed by atoms with van der Waals surface area (Å²) in [4.78, 5) is 11.0. The Balaban J connectivity index is 2.09. The smallest absolute Gasteiger partial charge is 0.134 e. The zero-order valence-corrected chi connectivity index (χ0v) is 6.15. The molecule has 0 amide bonds. The van der Waals surface area contributed by atoms with E-state index in [1.165, 1.54) is 12.8 Å². The Morgan fingerprint density at radius 2 is 2.30 bits per heavy atom. The van der Waals surface area contributed by atoms with Gasteiger partial charge in [0.15, 0.2) is 0 Å². The van der Waals surface area contributed by atoms with Gasteiger partial charge in [-0.1, -0.05) is 0 Å². The number of hydrogen-bond acceptors (Lipinski definition) is 2. The van der Waals surface area contributed by atoms with Crippen LogP contribution in [0.4, 0.5) is 0 Å². The number of carbonyl (C=O) groups is 1. The molecular formula is C8H13NO. The first-order valence-electron chi connectivity index (χ1n) is 4.08. The van der Waals surface area contributed by atoms with Crippen LogP contribution in [0.25, 0.3) is 0 Å². The molecule has 10 heavy (non-hydrogen) atoms. The maximum Gasteiger partial charge on any atom is 0.134 e.